The zero-order valence-electron chi connectivity index (χ0n) is 12.4. The average Bonchev–Trinajstić information content (AvgIpc) is 3.01. The van der Waals surface area contributed by atoms with Crippen LogP contribution in [0.4, 0.5) is 18.3 Å². The van der Waals surface area contributed by atoms with Crippen LogP contribution in [0.3, 0.4) is 0 Å². The molecule has 1 heterocycles. The highest BCUT2D eigenvalue weighted by molar-refractivity contribution is 7.15. The van der Waals surface area contributed by atoms with Crippen LogP contribution in [-0.2, 0) is 6.42 Å². The van der Waals surface area contributed by atoms with Gasteiger partial charge in [0.05, 0.1) is 0 Å². The molecule has 0 bridgehead atoms. The summed E-state index contributed by atoms with van der Waals surface area (Å²) in [5.41, 5.74) is 0.214. The smallest absolute Gasteiger partial charge is 0.257 e. The molecule has 0 atom stereocenters. The van der Waals surface area contributed by atoms with E-state index in [1.807, 2.05) is 0 Å². The summed E-state index contributed by atoms with van der Waals surface area (Å²) < 4.78 is 39.8. The maximum absolute atomic E-state index is 13.8. The minimum Gasteiger partial charge on any atom is -0.296 e. The van der Waals surface area contributed by atoms with Gasteiger partial charge >= 0.3 is 0 Å². The monoisotopic (exact) mass is 383 g/mol. The molecule has 3 aromatic rings. The van der Waals surface area contributed by atoms with Gasteiger partial charge in [-0.05, 0) is 30.3 Å². The molecule has 25 heavy (non-hydrogen) atoms. The van der Waals surface area contributed by atoms with Crippen LogP contribution in [-0.4, -0.2) is 16.1 Å². The van der Waals surface area contributed by atoms with Crippen molar-refractivity contribution < 1.29 is 18.0 Å². The summed E-state index contributed by atoms with van der Waals surface area (Å²) in [7, 11) is 0. The van der Waals surface area contributed by atoms with Crippen molar-refractivity contribution in [3.8, 4) is 0 Å². The third-order valence-electron chi connectivity index (χ3n) is 3.26. The molecule has 2 aromatic carbocycles. The lowest BCUT2D eigenvalue weighted by atomic mass is 10.1. The Morgan fingerprint density at radius 1 is 1.08 bits per heavy atom. The molecule has 0 aliphatic rings. The number of aromatic nitrogens is 2. The van der Waals surface area contributed by atoms with Gasteiger partial charge < -0.3 is 0 Å². The summed E-state index contributed by atoms with van der Waals surface area (Å²) in [6.45, 7) is 0. The third-order valence-corrected chi connectivity index (χ3v) is 4.45. The first-order valence-electron chi connectivity index (χ1n) is 6.95. The fourth-order valence-electron chi connectivity index (χ4n) is 2.03. The van der Waals surface area contributed by atoms with Gasteiger partial charge in [0.2, 0.25) is 5.13 Å². The summed E-state index contributed by atoms with van der Waals surface area (Å²) in [5, 5.41) is 10.9. The fraction of sp³-hybridized carbons (Fsp3) is 0.0625. The molecule has 0 aliphatic carbocycles. The van der Waals surface area contributed by atoms with Gasteiger partial charge in [-0.15, -0.1) is 10.2 Å². The molecule has 0 saturated heterocycles. The van der Waals surface area contributed by atoms with E-state index in [2.05, 4.69) is 15.5 Å². The third kappa shape index (κ3) is 3.97. The Kier molecular flexibility index (Phi) is 5.00. The SMILES string of the molecule is O=C(Nc1nnc(Cc2c(F)cccc2Cl)s1)c1ccc(F)c(F)c1. The van der Waals surface area contributed by atoms with Crippen molar-refractivity contribution in [1.82, 2.24) is 10.2 Å². The summed E-state index contributed by atoms with van der Waals surface area (Å²) in [6.07, 6.45) is 0.115. The normalized spacial score (nSPS) is 10.7. The minimum absolute atomic E-state index is 0.0622. The van der Waals surface area contributed by atoms with E-state index in [-0.39, 0.29) is 27.7 Å². The van der Waals surface area contributed by atoms with Crippen molar-refractivity contribution >= 4 is 34.0 Å². The first-order valence-corrected chi connectivity index (χ1v) is 8.15. The maximum Gasteiger partial charge on any atom is 0.257 e. The molecule has 0 spiro atoms. The van der Waals surface area contributed by atoms with E-state index in [1.165, 1.54) is 12.1 Å². The average molecular weight is 384 g/mol. The quantitative estimate of drug-likeness (QED) is 0.724. The van der Waals surface area contributed by atoms with E-state index in [0.717, 1.165) is 29.5 Å². The zero-order chi connectivity index (χ0) is 18.0. The molecule has 0 aliphatic heterocycles. The number of carbonyl (C=O) groups excluding carboxylic acids is 1. The number of amides is 1. The molecule has 4 nitrogen and oxygen atoms in total. The Bertz CT molecular complexity index is 928. The molecular weight excluding hydrogens is 375 g/mol. The first-order chi connectivity index (χ1) is 11.9. The second-order valence-corrected chi connectivity index (χ2v) is 6.43. The Labute approximate surface area is 149 Å². The van der Waals surface area contributed by atoms with Crippen LogP contribution in [0.5, 0.6) is 0 Å². The van der Waals surface area contributed by atoms with E-state index < -0.39 is 23.4 Å². The molecule has 128 valence electrons. The number of nitrogens with one attached hydrogen (secondary N) is 1. The Morgan fingerprint density at radius 2 is 1.88 bits per heavy atom. The van der Waals surface area contributed by atoms with Gasteiger partial charge in [-0.1, -0.05) is 29.0 Å². The number of anilines is 1. The standard InChI is InChI=1S/C16H9ClF3N3OS/c17-10-2-1-3-11(18)9(10)7-14-22-23-16(25-14)21-15(24)8-4-5-12(19)13(20)6-8/h1-6H,7H2,(H,21,23,24). The van der Waals surface area contributed by atoms with Crippen molar-refractivity contribution in [2.75, 3.05) is 5.32 Å². The molecule has 0 radical (unpaired) electrons. The molecule has 9 heteroatoms. The van der Waals surface area contributed by atoms with Gasteiger partial charge in [0.25, 0.3) is 5.91 Å². The lowest BCUT2D eigenvalue weighted by Gasteiger charge is -2.03. The molecule has 1 amide bonds. The summed E-state index contributed by atoms with van der Waals surface area (Å²) in [4.78, 5) is 12.0. The van der Waals surface area contributed by atoms with Crippen molar-refractivity contribution in [3.05, 3.63) is 75.0 Å². The Balaban J connectivity index is 1.73. The lowest BCUT2D eigenvalue weighted by Crippen LogP contribution is -2.12. The van der Waals surface area contributed by atoms with E-state index in [0.29, 0.717) is 5.01 Å². The number of nitrogens with zero attached hydrogens (tertiary/aromatic N) is 2. The minimum atomic E-state index is -1.13. The van der Waals surface area contributed by atoms with E-state index in [1.54, 1.807) is 6.07 Å². The number of hydrogen-bond donors (Lipinski definition) is 1. The number of carbonyl (C=O) groups is 1. The van der Waals surface area contributed by atoms with Crippen LogP contribution in [0.1, 0.15) is 20.9 Å². The number of hydrogen-bond acceptors (Lipinski definition) is 4. The number of benzene rings is 2. The van der Waals surface area contributed by atoms with Crippen LogP contribution < -0.4 is 5.32 Å². The van der Waals surface area contributed by atoms with Crippen molar-refractivity contribution in [3.63, 3.8) is 0 Å². The van der Waals surface area contributed by atoms with Gasteiger partial charge in [0, 0.05) is 22.6 Å². The molecule has 0 saturated carbocycles. The topological polar surface area (TPSA) is 54.9 Å². The van der Waals surface area contributed by atoms with Crippen LogP contribution >= 0.6 is 22.9 Å². The number of halogens is 4. The Morgan fingerprint density at radius 3 is 2.60 bits per heavy atom. The summed E-state index contributed by atoms with van der Waals surface area (Å²) in [6, 6.07) is 7.13. The Hall–Kier alpha value is -2.45. The van der Waals surface area contributed by atoms with Crippen molar-refractivity contribution in [1.29, 1.82) is 0 Å². The van der Waals surface area contributed by atoms with Crippen molar-refractivity contribution in [2.24, 2.45) is 0 Å². The molecule has 0 unspecified atom stereocenters. The lowest BCUT2D eigenvalue weighted by molar-refractivity contribution is 0.102. The summed E-state index contributed by atoms with van der Waals surface area (Å²) >= 11 is 6.99. The van der Waals surface area contributed by atoms with Gasteiger partial charge in [0.1, 0.15) is 10.8 Å². The van der Waals surface area contributed by atoms with Crippen LogP contribution in [0.15, 0.2) is 36.4 Å². The zero-order valence-corrected chi connectivity index (χ0v) is 14.0. The highest BCUT2D eigenvalue weighted by Gasteiger charge is 2.15. The molecular formula is C16H9ClF3N3OS. The van der Waals surface area contributed by atoms with E-state index in [9.17, 15) is 18.0 Å². The van der Waals surface area contributed by atoms with Gasteiger partial charge in [0.15, 0.2) is 11.6 Å². The first kappa shape index (κ1) is 17.4. The van der Waals surface area contributed by atoms with Crippen LogP contribution in [0.2, 0.25) is 5.02 Å². The second kappa shape index (κ2) is 7.20. The number of rotatable bonds is 4. The van der Waals surface area contributed by atoms with Gasteiger partial charge in [-0.3, -0.25) is 10.1 Å². The maximum atomic E-state index is 13.8. The highest BCUT2D eigenvalue weighted by Crippen LogP contribution is 2.25. The predicted octanol–water partition coefficient (Wildman–Crippen LogP) is 4.45. The molecule has 1 N–H and O–H groups in total. The molecule has 0 fully saturated rings. The molecule has 3 rings (SSSR count). The van der Waals surface area contributed by atoms with Crippen molar-refractivity contribution in [2.45, 2.75) is 6.42 Å². The predicted molar refractivity (Wildman–Crippen MR) is 88.4 cm³/mol. The highest BCUT2D eigenvalue weighted by atomic mass is 35.5. The largest absolute Gasteiger partial charge is 0.296 e. The van der Waals surface area contributed by atoms with Gasteiger partial charge in [-0.25, -0.2) is 13.2 Å². The second-order valence-electron chi connectivity index (χ2n) is 4.96. The fourth-order valence-corrected chi connectivity index (χ4v) is 3.01. The van der Waals surface area contributed by atoms with Crippen LogP contribution in [0.25, 0.3) is 0 Å². The molecule has 1 aromatic heterocycles. The van der Waals surface area contributed by atoms with Crippen LogP contribution in [0, 0.1) is 17.5 Å². The van der Waals surface area contributed by atoms with Gasteiger partial charge in [-0.2, -0.15) is 0 Å². The van der Waals surface area contributed by atoms with E-state index >= 15 is 0 Å². The summed E-state index contributed by atoms with van der Waals surface area (Å²) in [5.74, 6) is -3.29. The van der Waals surface area contributed by atoms with E-state index in [4.69, 9.17) is 11.6 Å².